The van der Waals surface area contributed by atoms with Gasteiger partial charge >= 0.3 is 0 Å². The quantitative estimate of drug-likeness (QED) is 0.671. The fourth-order valence-corrected chi connectivity index (χ4v) is 2.52. The standard InChI is InChI=1S/C17H13ClN2O3/c1-10-7-8-13(21)12(9-10)19-15-14(18)16(22)20(17(15)23)11-5-3-2-4-6-11/h2-9,19,21H,1H3. The number of nitrogens with zero attached hydrogens (tertiary/aromatic N) is 1. The molecule has 2 aromatic carbocycles. The molecule has 5 nitrogen and oxygen atoms in total. The van der Waals surface area contributed by atoms with E-state index in [1.165, 1.54) is 6.07 Å². The molecule has 2 aromatic rings. The van der Waals surface area contributed by atoms with Gasteiger partial charge in [-0.3, -0.25) is 9.59 Å². The van der Waals surface area contributed by atoms with E-state index in [-0.39, 0.29) is 16.5 Å². The van der Waals surface area contributed by atoms with Crippen LogP contribution in [0.1, 0.15) is 5.56 Å². The van der Waals surface area contributed by atoms with E-state index >= 15 is 0 Å². The lowest BCUT2D eigenvalue weighted by Crippen LogP contribution is -2.32. The average molecular weight is 329 g/mol. The number of carbonyl (C=O) groups is 2. The molecule has 0 atom stereocenters. The Morgan fingerprint density at radius 1 is 1.04 bits per heavy atom. The van der Waals surface area contributed by atoms with Crippen molar-refractivity contribution in [2.45, 2.75) is 6.92 Å². The van der Waals surface area contributed by atoms with Gasteiger partial charge in [-0.15, -0.1) is 0 Å². The number of hydrogen-bond donors (Lipinski definition) is 2. The largest absolute Gasteiger partial charge is 0.506 e. The van der Waals surface area contributed by atoms with Gasteiger partial charge in [0, 0.05) is 0 Å². The Kier molecular flexibility index (Phi) is 3.80. The van der Waals surface area contributed by atoms with E-state index in [1.807, 2.05) is 6.92 Å². The summed E-state index contributed by atoms with van der Waals surface area (Å²) in [5.41, 5.74) is 1.58. The lowest BCUT2D eigenvalue weighted by atomic mass is 10.2. The Hall–Kier alpha value is -2.79. The summed E-state index contributed by atoms with van der Waals surface area (Å²) in [6.07, 6.45) is 0. The number of para-hydroxylation sites is 1. The van der Waals surface area contributed by atoms with Crippen molar-refractivity contribution in [2.24, 2.45) is 0 Å². The van der Waals surface area contributed by atoms with E-state index in [0.29, 0.717) is 11.4 Å². The molecule has 6 heteroatoms. The van der Waals surface area contributed by atoms with E-state index in [1.54, 1.807) is 42.5 Å². The maximum atomic E-state index is 12.5. The molecule has 0 fully saturated rings. The van der Waals surface area contributed by atoms with Crippen molar-refractivity contribution >= 4 is 34.8 Å². The van der Waals surface area contributed by atoms with E-state index in [9.17, 15) is 14.7 Å². The van der Waals surface area contributed by atoms with Crippen LogP contribution in [-0.2, 0) is 9.59 Å². The molecule has 0 unspecified atom stereocenters. The van der Waals surface area contributed by atoms with Gasteiger partial charge in [0.2, 0.25) is 0 Å². The van der Waals surface area contributed by atoms with Gasteiger partial charge in [0.25, 0.3) is 11.8 Å². The molecular formula is C17H13ClN2O3. The first-order chi connectivity index (χ1) is 11.0. The molecule has 1 heterocycles. The van der Waals surface area contributed by atoms with Gasteiger partial charge in [-0.05, 0) is 36.8 Å². The number of rotatable bonds is 3. The van der Waals surface area contributed by atoms with Crippen LogP contribution in [0.4, 0.5) is 11.4 Å². The summed E-state index contributed by atoms with van der Waals surface area (Å²) in [5.74, 6) is -1.20. The van der Waals surface area contributed by atoms with Crippen LogP contribution in [0.25, 0.3) is 0 Å². The van der Waals surface area contributed by atoms with Gasteiger partial charge < -0.3 is 10.4 Å². The van der Waals surface area contributed by atoms with E-state index in [0.717, 1.165) is 10.5 Å². The van der Waals surface area contributed by atoms with Gasteiger partial charge in [-0.2, -0.15) is 0 Å². The van der Waals surface area contributed by atoms with Crippen LogP contribution >= 0.6 is 11.6 Å². The second-order valence-electron chi connectivity index (χ2n) is 5.12. The summed E-state index contributed by atoms with van der Waals surface area (Å²) < 4.78 is 0. The zero-order valence-electron chi connectivity index (χ0n) is 12.2. The van der Waals surface area contributed by atoms with Gasteiger partial charge in [0.1, 0.15) is 16.5 Å². The molecule has 0 radical (unpaired) electrons. The fraction of sp³-hybridized carbons (Fsp3) is 0.0588. The summed E-state index contributed by atoms with van der Waals surface area (Å²) in [6, 6.07) is 13.4. The Morgan fingerprint density at radius 3 is 2.43 bits per heavy atom. The lowest BCUT2D eigenvalue weighted by molar-refractivity contribution is -0.120. The fourth-order valence-electron chi connectivity index (χ4n) is 2.31. The van der Waals surface area contributed by atoms with Crippen LogP contribution in [0.3, 0.4) is 0 Å². The highest BCUT2D eigenvalue weighted by molar-refractivity contribution is 6.53. The normalized spacial score (nSPS) is 14.6. The summed E-state index contributed by atoms with van der Waals surface area (Å²) in [6.45, 7) is 1.85. The van der Waals surface area contributed by atoms with Crippen molar-refractivity contribution in [3.05, 3.63) is 64.8 Å². The number of halogens is 1. The number of aromatic hydroxyl groups is 1. The third kappa shape index (κ3) is 2.66. The number of hydrogen-bond acceptors (Lipinski definition) is 4. The molecule has 116 valence electrons. The number of anilines is 2. The molecule has 23 heavy (non-hydrogen) atoms. The number of amides is 2. The minimum absolute atomic E-state index is 0.0361. The number of carbonyl (C=O) groups excluding carboxylic acids is 2. The Labute approximate surface area is 137 Å². The summed E-state index contributed by atoms with van der Waals surface area (Å²) >= 11 is 6.03. The molecule has 2 N–H and O–H groups in total. The summed E-state index contributed by atoms with van der Waals surface area (Å²) in [4.78, 5) is 25.8. The maximum Gasteiger partial charge on any atom is 0.283 e. The SMILES string of the molecule is Cc1ccc(O)c(NC2=C(Cl)C(=O)N(c3ccccc3)C2=O)c1. The molecule has 0 aromatic heterocycles. The monoisotopic (exact) mass is 328 g/mol. The third-order valence-corrected chi connectivity index (χ3v) is 3.80. The summed E-state index contributed by atoms with van der Waals surface area (Å²) in [7, 11) is 0. The van der Waals surface area contributed by atoms with E-state index in [4.69, 9.17) is 11.6 Å². The van der Waals surface area contributed by atoms with Crippen LogP contribution in [0.5, 0.6) is 5.75 Å². The first kappa shape index (κ1) is 15.1. The minimum atomic E-state index is -0.600. The number of nitrogens with one attached hydrogen (secondary N) is 1. The van der Waals surface area contributed by atoms with Gasteiger partial charge in [-0.25, -0.2) is 4.90 Å². The van der Waals surface area contributed by atoms with Crippen molar-refractivity contribution in [1.82, 2.24) is 0 Å². The second kappa shape index (κ2) is 5.78. The first-order valence-corrected chi connectivity index (χ1v) is 7.27. The first-order valence-electron chi connectivity index (χ1n) is 6.89. The molecule has 1 aliphatic rings. The van der Waals surface area contributed by atoms with Crippen molar-refractivity contribution < 1.29 is 14.7 Å². The number of benzene rings is 2. The number of phenolic OH excluding ortho intramolecular Hbond substituents is 1. The molecule has 0 saturated heterocycles. The second-order valence-corrected chi connectivity index (χ2v) is 5.49. The molecule has 3 rings (SSSR count). The predicted molar refractivity (Wildman–Crippen MR) is 88.3 cm³/mol. The Bertz CT molecular complexity index is 831. The smallest absolute Gasteiger partial charge is 0.283 e. The number of aryl methyl sites for hydroxylation is 1. The highest BCUT2D eigenvalue weighted by Gasteiger charge is 2.39. The van der Waals surface area contributed by atoms with Crippen LogP contribution in [0.2, 0.25) is 0 Å². The topological polar surface area (TPSA) is 69.6 Å². The summed E-state index contributed by atoms with van der Waals surface area (Å²) in [5, 5.41) is 12.4. The lowest BCUT2D eigenvalue weighted by Gasteiger charge is -2.15. The van der Waals surface area contributed by atoms with Crippen molar-refractivity contribution in [2.75, 3.05) is 10.2 Å². The minimum Gasteiger partial charge on any atom is -0.506 e. The average Bonchev–Trinajstić information content (AvgIpc) is 2.75. The van der Waals surface area contributed by atoms with Crippen molar-refractivity contribution in [1.29, 1.82) is 0 Å². The highest BCUT2D eigenvalue weighted by Crippen LogP contribution is 2.32. The third-order valence-electron chi connectivity index (χ3n) is 3.45. The van der Waals surface area contributed by atoms with E-state index in [2.05, 4.69) is 5.32 Å². The molecule has 2 amide bonds. The van der Waals surface area contributed by atoms with Crippen LogP contribution in [-0.4, -0.2) is 16.9 Å². The van der Waals surface area contributed by atoms with Crippen LogP contribution < -0.4 is 10.2 Å². The molecule has 1 aliphatic heterocycles. The van der Waals surface area contributed by atoms with Crippen molar-refractivity contribution in [3.8, 4) is 5.75 Å². The Balaban J connectivity index is 1.96. The zero-order chi connectivity index (χ0) is 16.6. The Morgan fingerprint density at radius 2 is 1.74 bits per heavy atom. The highest BCUT2D eigenvalue weighted by atomic mass is 35.5. The van der Waals surface area contributed by atoms with Gasteiger partial charge in [-0.1, -0.05) is 35.9 Å². The van der Waals surface area contributed by atoms with Crippen molar-refractivity contribution in [3.63, 3.8) is 0 Å². The van der Waals surface area contributed by atoms with E-state index < -0.39 is 11.8 Å². The van der Waals surface area contributed by atoms with Crippen LogP contribution in [0, 0.1) is 6.92 Å². The van der Waals surface area contributed by atoms with Gasteiger partial charge in [0.05, 0.1) is 11.4 Å². The van der Waals surface area contributed by atoms with Gasteiger partial charge in [0.15, 0.2) is 0 Å². The number of imide groups is 1. The molecule has 0 saturated carbocycles. The molecule has 0 bridgehead atoms. The molecule has 0 aliphatic carbocycles. The molecule has 0 spiro atoms. The zero-order valence-corrected chi connectivity index (χ0v) is 13.0. The van der Waals surface area contributed by atoms with Crippen LogP contribution in [0.15, 0.2) is 59.3 Å². The number of phenols is 1. The maximum absolute atomic E-state index is 12.5. The molecular weight excluding hydrogens is 316 g/mol. The predicted octanol–water partition coefficient (Wildman–Crippen LogP) is 3.14.